The number of rotatable bonds is 5. The highest BCUT2D eigenvalue weighted by Crippen LogP contribution is 2.28. The Labute approximate surface area is 186 Å². The highest BCUT2D eigenvalue weighted by Gasteiger charge is 2.14. The van der Waals surface area contributed by atoms with Gasteiger partial charge in [0.1, 0.15) is 11.4 Å². The van der Waals surface area contributed by atoms with Crippen molar-refractivity contribution in [1.29, 1.82) is 0 Å². The summed E-state index contributed by atoms with van der Waals surface area (Å²) in [5.41, 5.74) is 7.93. The van der Waals surface area contributed by atoms with E-state index in [0.717, 1.165) is 17.0 Å². The molecule has 0 saturated heterocycles. The van der Waals surface area contributed by atoms with Crippen LogP contribution >= 0.6 is 0 Å². The van der Waals surface area contributed by atoms with Crippen LogP contribution in [0.15, 0.2) is 85.3 Å². The summed E-state index contributed by atoms with van der Waals surface area (Å²) in [5.74, 6) is 0.636. The van der Waals surface area contributed by atoms with Crippen LogP contribution in [0.3, 0.4) is 0 Å². The van der Waals surface area contributed by atoms with Crippen molar-refractivity contribution in [2.75, 3.05) is 0 Å². The van der Waals surface area contributed by atoms with E-state index in [9.17, 15) is 4.79 Å². The van der Waals surface area contributed by atoms with Crippen molar-refractivity contribution >= 4 is 5.78 Å². The van der Waals surface area contributed by atoms with E-state index in [0.29, 0.717) is 11.5 Å². The molecule has 5 heteroatoms. The molecular weight excluding hydrogens is 396 g/mol. The van der Waals surface area contributed by atoms with Gasteiger partial charge in [0.25, 0.3) is 0 Å². The second kappa shape index (κ2) is 8.19. The minimum absolute atomic E-state index is 0.0448. The predicted octanol–water partition coefficient (Wildman–Crippen LogP) is 5.61. The van der Waals surface area contributed by atoms with E-state index in [4.69, 9.17) is 4.98 Å². The number of pyridine rings is 2. The lowest BCUT2D eigenvalue weighted by atomic mass is 9.99. The molecule has 0 unspecified atom stereocenters. The van der Waals surface area contributed by atoms with Crippen molar-refractivity contribution in [3.05, 3.63) is 102 Å². The SMILES string of the molecule is Cc1ccc(-c2ccc(-c3nc4ccn(CC(=O)c5ccccn5)cc-4n3)cc2)cc1C. The van der Waals surface area contributed by atoms with Crippen molar-refractivity contribution in [2.24, 2.45) is 0 Å². The number of carbonyl (C=O) groups excluding carboxylic acids is 1. The van der Waals surface area contributed by atoms with Crippen LogP contribution in [0.4, 0.5) is 0 Å². The molecule has 3 aromatic rings. The van der Waals surface area contributed by atoms with Crippen LogP contribution < -0.4 is 0 Å². The average molecular weight is 419 g/mol. The number of aryl methyl sites for hydroxylation is 2. The molecule has 3 heterocycles. The third-order valence-electron chi connectivity index (χ3n) is 5.69. The van der Waals surface area contributed by atoms with Gasteiger partial charge in [0.2, 0.25) is 5.78 Å². The molecule has 5 rings (SSSR count). The van der Waals surface area contributed by atoms with Gasteiger partial charge in [0, 0.05) is 24.2 Å². The van der Waals surface area contributed by atoms with Crippen LogP contribution in [0.25, 0.3) is 33.9 Å². The topological polar surface area (TPSA) is 60.7 Å². The molecule has 0 saturated carbocycles. The Morgan fingerprint density at radius 3 is 2.31 bits per heavy atom. The Hall–Kier alpha value is -4.12. The van der Waals surface area contributed by atoms with E-state index in [2.05, 4.69) is 66.3 Å². The molecule has 0 radical (unpaired) electrons. The second-order valence-corrected chi connectivity index (χ2v) is 7.95. The maximum Gasteiger partial charge on any atom is 0.200 e. The molecule has 0 fully saturated rings. The summed E-state index contributed by atoms with van der Waals surface area (Å²) in [7, 11) is 0. The molecule has 0 aliphatic carbocycles. The second-order valence-electron chi connectivity index (χ2n) is 7.95. The lowest BCUT2D eigenvalue weighted by Crippen LogP contribution is -2.12. The number of fused-ring (bicyclic) bond motifs is 1. The van der Waals surface area contributed by atoms with Gasteiger partial charge in [-0.3, -0.25) is 9.78 Å². The molecular formula is C27H22N4O. The molecule has 156 valence electrons. The van der Waals surface area contributed by atoms with Crippen molar-refractivity contribution < 1.29 is 4.79 Å². The summed E-state index contributed by atoms with van der Waals surface area (Å²) in [6.45, 7) is 4.46. The van der Waals surface area contributed by atoms with Gasteiger partial charge in [0.05, 0.1) is 12.2 Å². The fraction of sp³-hybridized carbons (Fsp3) is 0.111. The fourth-order valence-corrected chi connectivity index (χ4v) is 3.69. The number of ketones is 1. The van der Waals surface area contributed by atoms with Gasteiger partial charge in [-0.2, -0.15) is 0 Å². The van der Waals surface area contributed by atoms with Crippen molar-refractivity contribution in [2.45, 2.75) is 20.4 Å². The monoisotopic (exact) mass is 418 g/mol. The number of carbonyl (C=O) groups is 1. The van der Waals surface area contributed by atoms with Crippen molar-refractivity contribution in [3.63, 3.8) is 0 Å². The smallest absolute Gasteiger partial charge is 0.200 e. The average Bonchev–Trinajstić information content (AvgIpc) is 3.25. The standard InChI is InChI=1S/C27H22N4O/c1-18-6-7-22(15-19(18)2)20-8-10-21(11-9-20)27-29-23-12-14-31(16-25(23)30-27)17-26(32)24-5-3-4-13-28-24/h3-16H,17H2,1-2H3. The number of nitrogens with zero attached hydrogens (tertiary/aromatic N) is 4. The molecule has 5 nitrogen and oxygen atoms in total. The Morgan fingerprint density at radius 2 is 1.56 bits per heavy atom. The van der Waals surface area contributed by atoms with Gasteiger partial charge in [-0.05, 0) is 54.3 Å². The predicted molar refractivity (Wildman–Crippen MR) is 126 cm³/mol. The largest absolute Gasteiger partial charge is 0.344 e. The van der Waals surface area contributed by atoms with Gasteiger partial charge in [0.15, 0.2) is 5.82 Å². The molecule has 0 bridgehead atoms. The summed E-state index contributed by atoms with van der Waals surface area (Å²) in [4.78, 5) is 25.9. The van der Waals surface area contributed by atoms with Crippen LogP contribution in [0.2, 0.25) is 0 Å². The van der Waals surface area contributed by atoms with E-state index in [1.165, 1.54) is 22.3 Å². The summed E-state index contributed by atoms with van der Waals surface area (Å²) < 4.78 is 1.82. The van der Waals surface area contributed by atoms with Gasteiger partial charge in [-0.25, -0.2) is 9.97 Å². The van der Waals surface area contributed by atoms with E-state index >= 15 is 0 Å². The minimum atomic E-state index is -0.0448. The molecule has 2 aliphatic rings. The van der Waals surface area contributed by atoms with Crippen LogP contribution in [-0.2, 0) is 6.54 Å². The Kier molecular flexibility index (Phi) is 5.07. The first kappa shape index (κ1) is 19.8. The molecule has 0 amide bonds. The van der Waals surface area contributed by atoms with Crippen molar-refractivity contribution in [1.82, 2.24) is 19.5 Å². The third-order valence-corrected chi connectivity index (χ3v) is 5.69. The summed E-state index contributed by atoms with van der Waals surface area (Å²) in [5, 5.41) is 0. The molecule has 0 N–H and O–H groups in total. The summed E-state index contributed by atoms with van der Waals surface area (Å²) >= 11 is 0. The highest BCUT2D eigenvalue weighted by atomic mass is 16.1. The van der Waals surface area contributed by atoms with Crippen LogP contribution in [0, 0.1) is 13.8 Å². The lowest BCUT2D eigenvalue weighted by molar-refractivity contribution is 0.0967. The fourth-order valence-electron chi connectivity index (χ4n) is 3.69. The number of hydrogen-bond acceptors (Lipinski definition) is 4. The van der Waals surface area contributed by atoms with Gasteiger partial charge in [-0.1, -0.05) is 48.5 Å². The number of aromatic nitrogens is 4. The van der Waals surface area contributed by atoms with E-state index in [1.807, 2.05) is 29.1 Å². The number of Topliss-reactive ketones (excluding diaryl/α,β-unsaturated/α-hetero) is 1. The minimum Gasteiger partial charge on any atom is -0.344 e. The van der Waals surface area contributed by atoms with Gasteiger partial charge in [-0.15, -0.1) is 0 Å². The maximum absolute atomic E-state index is 12.4. The number of imidazole rings is 1. The molecule has 2 aromatic carbocycles. The first-order valence-corrected chi connectivity index (χ1v) is 10.5. The van der Waals surface area contributed by atoms with Gasteiger partial charge < -0.3 is 4.57 Å². The Bertz CT molecular complexity index is 1370. The number of hydrogen-bond donors (Lipinski definition) is 0. The maximum atomic E-state index is 12.4. The zero-order chi connectivity index (χ0) is 22.1. The molecule has 0 spiro atoms. The zero-order valence-electron chi connectivity index (χ0n) is 18.0. The quantitative estimate of drug-likeness (QED) is 0.348. The number of benzene rings is 2. The van der Waals surface area contributed by atoms with Crippen LogP contribution in [0.1, 0.15) is 21.6 Å². The lowest BCUT2D eigenvalue weighted by Gasteiger charge is -2.06. The first-order valence-electron chi connectivity index (χ1n) is 10.5. The Morgan fingerprint density at radius 1 is 0.812 bits per heavy atom. The first-order chi connectivity index (χ1) is 15.6. The highest BCUT2D eigenvalue weighted by molar-refractivity contribution is 5.94. The normalized spacial score (nSPS) is 11.1. The van der Waals surface area contributed by atoms with Crippen molar-refractivity contribution in [3.8, 4) is 33.9 Å². The third kappa shape index (κ3) is 3.93. The molecule has 0 atom stereocenters. The summed E-state index contributed by atoms with van der Waals surface area (Å²) in [6.07, 6.45) is 5.34. The van der Waals surface area contributed by atoms with Crippen LogP contribution in [0.5, 0.6) is 0 Å². The zero-order valence-corrected chi connectivity index (χ0v) is 18.0. The molecule has 32 heavy (non-hydrogen) atoms. The van der Waals surface area contributed by atoms with E-state index in [1.54, 1.807) is 18.3 Å². The van der Waals surface area contributed by atoms with Gasteiger partial charge >= 0.3 is 0 Å². The van der Waals surface area contributed by atoms with E-state index in [-0.39, 0.29) is 12.3 Å². The summed E-state index contributed by atoms with van der Waals surface area (Å²) in [6, 6.07) is 22.1. The molecule has 2 aliphatic heterocycles. The van der Waals surface area contributed by atoms with Crippen LogP contribution in [-0.4, -0.2) is 25.3 Å². The molecule has 1 aromatic heterocycles. The Balaban J connectivity index is 1.38. The van der Waals surface area contributed by atoms with E-state index < -0.39 is 0 Å².